The maximum Gasteiger partial charge on any atom is 0.276 e. The first-order valence-corrected chi connectivity index (χ1v) is 6.22. The molecule has 0 saturated heterocycles. The van der Waals surface area contributed by atoms with E-state index >= 15 is 0 Å². The number of hydrogen-bond donors (Lipinski definition) is 1. The monoisotopic (exact) mass is 297 g/mol. The van der Waals surface area contributed by atoms with Gasteiger partial charge in [-0.1, -0.05) is 0 Å². The Balaban J connectivity index is 2.18. The van der Waals surface area contributed by atoms with Crippen molar-refractivity contribution in [2.24, 2.45) is 0 Å². The summed E-state index contributed by atoms with van der Waals surface area (Å²) >= 11 is 4.72. The van der Waals surface area contributed by atoms with Crippen LogP contribution in [-0.2, 0) is 0 Å². The molecule has 1 N–H and O–H groups in total. The third kappa shape index (κ3) is 2.45. The van der Waals surface area contributed by atoms with Crippen LogP contribution in [0.25, 0.3) is 0 Å². The Morgan fingerprint density at radius 3 is 2.94 bits per heavy atom. The van der Waals surface area contributed by atoms with Crippen LogP contribution in [-0.4, -0.2) is 15.9 Å². The molecule has 2 aromatic heterocycles. The van der Waals surface area contributed by atoms with E-state index in [9.17, 15) is 4.79 Å². The fourth-order valence-corrected chi connectivity index (χ4v) is 2.22. The Hall–Kier alpha value is -1.27. The third-order valence-electron chi connectivity index (χ3n) is 1.87. The predicted molar refractivity (Wildman–Crippen MR) is 66.7 cm³/mol. The topological polar surface area (TPSA) is 54.9 Å². The molecule has 0 aliphatic heterocycles. The van der Waals surface area contributed by atoms with Gasteiger partial charge in [0.15, 0.2) is 0 Å². The lowest BCUT2D eigenvalue weighted by Gasteiger charge is -2.05. The number of halogens is 1. The molecule has 82 valence electrons. The maximum absolute atomic E-state index is 11.7. The molecule has 2 rings (SSSR count). The molecule has 0 radical (unpaired) electrons. The molecular weight excluding hydrogens is 290 g/mol. The lowest BCUT2D eigenvalue weighted by atomic mass is 10.3. The second-order valence-electron chi connectivity index (χ2n) is 3.17. The Bertz CT molecular complexity index is 513. The predicted octanol–water partition coefficient (Wildman–Crippen LogP) is 2.86. The van der Waals surface area contributed by atoms with Crippen molar-refractivity contribution in [2.75, 3.05) is 5.32 Å². The molecule has 0 spiro atoms. The number of aryl methyl sites for hydroxylation is 1. The van der Waals surface area contributed by atoms with Gasteiger partial charge in [-0.25, -0.2) is 9.97 Å². The summed E-state index contributed by atoms with van der Waals surface area (Å²) in [4.78, 5) is 19.7. The molecule has 0 aliphatic carbocycles. The van der Waals surface area contributed by atoms with Crippen LogP contribution in [0.15, 0.2) is 27.6 Å². The van der Waals surface area contributed by atoms with E-state index in [1.807, 2.05) is 13.0 Å². The molecule has 0 aliphatic rings. The van der Waals surface area contributed by atoms with E-state index in [-0.39, 0.29) is 5.91 Å². The number of pyridine rings is 1. The first-order chi connectivity index (χ1) is 7.66. The van der Waals surface area contributed by atoms with Crippen molar-refractivity contribution in [2.45, 2.75) is 6.92 Å². The number of anilines is 1. The molecule has 0 aromatic carbocycles. The van der Waals surface area contributed by atoms with Crippen LogP contribution in [0.5, 0.6) is 0 Å². The largest absolute Gasteiger partial charge is 0.304 e. The van der Waals surface area contributed by atoms with Gasteiger partial charge in [-0.3, -0.25) is 4.79 Å². The van der Waals surface area contributed by atoms with Crippen molar-refractivity contribution in [3.8, 4) is 0 Å². The van der Waals surface area contributed by atoms with Crippen molar-refractivity contribution < 1.29 is 4.79 Å². The van der Waals surface area contributed by atoms with Crippen LogP contribution in [0.2, 0.25) is 0 Å². The average molecular weight is 298 g/mol. The van der Waals surface area contributed by atoms with Crippen molar-refractivity contribution in [1.82, 2.24) is 9.97 Å². The van der Waals surface area contributed by atoms with Crippen LogP contribution < -0.4 is 5.32 Å². The highest BCUT2D eigenvalue weighted by molar-refractivity contribution is 9.10. The fraction of sp³-hybridized carbons (Fsp3) is 0.100. The van der Waals surface area contributed by atoms with E-state index in [0.29, 0.717) is 11.5 Å². The minimum atomic E-state index is -0.252. The van der Waals surface area contributed by atoms with Gasteiger partial charge in [-0.2, -0.15) is 0 Å². The summed E-state index contributed by atoms with van der Waals surface area (Å²) in [7, 11) is 0. The van der Waals surface area contributed by atoms with Gasteiger partial charge in [0, 0.05) is 11.6 Å². The summed E-state index contributed by atoms with van der Waals surface area (Å²) in [5.41, 5.74) is 3.05. The zero-order valence-electron chi connectivity index (χ0n) is 8.40. The average Bonchev–Trinajstić information content (AvgIpc) is 2.75. The number of nitrogens with zero attached hydrogens (tertiary/aromatic N) is 2. The number of carbonyl (C=O) groups excluding carboxylic acids is 1. The molecule has 0 saturated carbocycles. The SMILES string of the molecule is Cc1cnc(NC(=O)c2cscn2)c(Br)c1. The lowest BCUT2D eigenvalue weighted by molar-refractivity contribution is 0.102. The van der Waals surface area contributed by atoms with E-state index in [1.165, 1.54) is 11.3 Å². The van der Waals surface area contributed by atoms with Crippen LogP contribution >= 0.6 is 27.3 Å². The summed E-state index contributed by atoms with van der Waals surface area (Å²) in [6.07, 6.45) is 1.70. The highest BCUT2D eigenvalue weighted by Crippen LogP contribution is 2.20. The van der Waals surface area contributed by atoms with E-state index in [2.05, 4.69) is 31.2 Å². The Labute approximate surface area is 105 Å². The minimum Gasteiger partial charge on any atom is -0.304 e. The van der Waals surface area contributed by atoms with Gasteiger partial charge in [0.05, 0.1) is 9.98 Å². The van der Waals surface area contributed by atoms with Crippen LogP contribution in [0.1, 0.15) is 16.1 Å². The summed E-state index contributed by atoms with van der Waals surface area (Å²) in [5, 5.41) is 4.38. The van der Waals surface area contributed by atoms with Crippen LogP contribution in [0, 0.1) is 6.92 Å². The van der Waals surface area contributed by atoms with E-state index in [1.54, 1.807) is 17.1 Å². The quantitative estimate of drug-likeness (QED) is 0.927. The van der Waals surface area contributed by atoms with Gasteiger partial charge in [0.25, 0.3) is 5.91 Å². The van der Waals surface area contributed by atoms with Gasteiger partial charge in [-0.15, -0.1) is 11.3 Å². The number of amides is 1. The fourth-order valence-electron chi connectivity index (χ4n) is 1.12. The third-order valence-corrected chi connectivity index (χ3v) is 3.07. The maximum atomic E-state index is 11.7. The molecule has 2 aromatic rings. The van der Waals surface area contributed by atoms with Crippen molar-refractivity contribution in [1.29, 1.82) is 0 Å². The van der Waals surface area contributed by atoms with E-state index in [4.69, 9.17) is 0 Å². The first kappa shape index (κ1) is 11.2. The number of thiazole rings is 1. The zero-order chi connectivity index (χ0) is 11.5. The van der Waals surface area contributed by atoms with Gasteiger partial charge in [0.2, 0.25) is 0 Å². The lowest BCUT2D eigenvalue weighted by Crippen LogP contribution is -2.13. The zero-order valence-corrected chi connectivity index (χ0v) is 10.8. The summed E-state index contributed by atoms with van der Waals surface area (Å²) in [6.45, 7) is 1.93. The van der Waals surface area contributed by atoms with E-state index in [0.717, 1.165) is 10.0 Å². The molecule has 4 nitrogen and oxygen atoms in total. The number of nitrogens with one attached hydrogen (secondary N) is 1. The molecule has 0 bridgehead atoms. The molecular formula is C10H8BrN3OS. The molecule has 0 atom stereocenters. The Morgan fingerprint density at radius 1 is 1.50 bits per heavy atom. The summed E-state index contributed by atoms with van der Waals surface area (Å²) in [6, 6.07) is 1.89. The molecule has 6 heteroatoms. The van der Waals surface area contributed by atoms with Crippen molar-refractivity contribution >= 4 is 39.0 Å². The van der Waals surface area contributed by atoms with Gasteiger partial charge in [-0.05, 0) is 34.5 Å². The highest BCUT2D eigenvalue weighted by atomic mass is 79.9. The van der Waals surface area contributed by atoms with Gasteiger partial charge < -0.3 is 5.32 Å². The minimum absolute atomic E-state index is 0.252. The van der Waals surface area contributed by atoms with Gasteiger partial charge >= 0.3 is 0 Å². The van der Waals surface area contributed by atoms with Crippen molar-refractivity contribution in [3.05, 3.63) is 38.9 Å². The van der Waals surface area contributed by atoms with Gasteiger partial charge in [0.1, 0.15) is 11.5 Å². The molecule has 2 heterocycles. The number of rotatable bonds is 2. The molecule has 1 amide bonds. The van der Waals surface area contributed by atoms with Crippen LogP contribution in [0.4, 0.5) is 5.82 Å². The molecule has 0 fully saturated rings. The number of aromatic nitrogens is 2. The summed E-state index contributed by atoms with van der Waals surface area (Å²) in [5.74, 6) is 0.252. The normalized spacial score (nSPS) is 10.1. The standard InChI is InChI=1S/C10H8BrN3OS/c1-6-2-7(11)9(12-3-6)14-10(15)8-4-16-5-13-8/h2-5H,1H3,(H,12,14,15). The Morgan fingerprint density at radius 2 is 2.31 bits per heavy atom. The molecule has 0 unspecified atom stereocenters. The molecule has 16 heavy (non-hydrogen) atoms. The van der Waals surface area contributed by atoms with Crippen molar-refractivity contribution in [3.63, 3.8) is 0 Å². The smallest absolute Gasteiger partial charge is 0.276 e. The number of hydrogen-bond acceptors (Lipinski definition) is 4. The summed E-state index contributed by atoms with van der Waals surface area (Å²) < 4.78 is 0.760. The Kier molecular flexibility index (Phi) is 3.31. The second kappa shape index (κ2) is 4.71. The van der Waals surface area contributed by atoms with E-state index < -0.39 is 0 Å². The second-order valence-corrected chi connectivity index (χ2v) is 4.74. The van der Waals surface area contributed by atoms with Crippen LogP contribution in [0.3, 0.4) is 0 Å². The number of carbonyl (C=O) groups is 1. The highest BCUT2D eigenvalue weighted by Gasteiger charge is 2.10. The first-order valence-electron chi connectivity index (χ1n) is 4.48.